The van der Waals surface area contributed by atoms with E-state index in [9.17, 15) is 4.39 Å². The average Bonchev–Trinajstić information content (AvgIpc) is 2.83. The number of hydrogen-bond donors (Lipinski definition) is 2. The first-order valence-corrected chi connectivity index (χ1v) is 7.37. The number of fused-ring (bicyclic) bond motifs is 1. The van der Waals surface area contributed by atoms with Crippen LogP contribution in [0.1, 0.15) is 10.4 Å². The maximum atomic E-state index is 13.4. The van der Waals surface area contributed by atoms with E-state index in [1.165, 1.54) is 10.9 Å². The van der Waals surface area contributed by atoms with Gasteiger partial charge in [0.15, 0.2) is 0 Å². The lowest BCUT2D eigenvalue weighted by Crippen LogP contribution is -2.01. The molecule has 0 aliphatic heterocycles. The molecule has 2 aromatic heterocycles. The maximum Gasteiger partial charge on any atom is 0.225 e. The zero-order chi connectivity index (χ0) is 15.0. The summed E-state index contributed by atoms with van der Waals surface area (Å²) in [7, 11) is 1.79. The first-order valence-electron chi connectivity index (χ1n) is 6.56. The molecule has 3 aromatic rings. The number of nitrogens with one attached hydrogen (secondary N) is 2. The Balaban J connectivity index is 2.07. The molecule has 3 rings (SSSR count). The summed E-state index contributed by atoms with van der Waals surface area (Å²) < 4.78 is 13.4. The van der Waals surface area contributed by atoms with Crippen LogP contribution in [0, 0.1) is 19.7 Å². The zero-order valence-electron chi connectivity index (χ0n) is 12.0. The Bertz CT molecular complexity index is 813. The van der Waals surface area contributed by atoms with Gasteiger partial charge in [-0.3, -0.25) is 0 Å². The van der Waals surface area contributed by atoms with Gasteiger partial charge in [-0.1, -0.05) is 0 Å². The van der Waals surface area contributed by atoms with Crippen molar-refractivity contribution in [2.45, 2.75) is 13.8 Å². The summed E-state index contributed by atoms with van der Waals surface area (Å²) in [6, 6.07) is 6.97. The second kappa shape index (κ2) is 5.29. The van der Waals surface area contributed by atoms with E-state index in [1.54, 1.807) is 37.4 Å². The van der Waals surface area contributed by atoms with Gasteiger partial charge in [-0.15, -0.1) is 11.3 Å². The topological polar surface area (TPSA) is 49.8 Å². The molecule has 0 spiro atoms. The molecule has 0 aliphatic carbocycles. The van der Waals surface area contributed by atoms with Gasteiger partial charge >= 0.3 is 0 Å². The molecular weight excluding hydrogens is 287 g/mol. The van der Waals surface area contributed by atoms with E-state index in [-0.39, 0.29) is 5.82 Å². The van der Waals surface area contributed by atoms with Crippen molar-refractivity contribution in [1.82, 2.24) is 9.97 Å². The molecule has 0 atom stereocenters. The van der Waals surface area contributed by atoms with Gasteiger partial charge in [-0.05, 0) is 43.7 Å². The van der Waals surface area contributed by atoms with Gasteiger partial charge < -0.3 is 10.6 Å². The van der Waals surface area contributed by atoms with Gasteiger partial charge in [0, 0.05) is 17.6 Å². The third kappa shape index (κ3) is 2.67. The maximum absolute atomic E-state index is 13.4. The number of thiophene rings is 1. The largest absolute Gasteiger partial charge is 0.357 e. The number of hydrogen-bond acceptors (Lipinski definition) is 5. The van der Waals surface area contributed by atoms with Gasteiger partial charge in [-0.2, -0.15) is 4.98 Å². The van der Waals surface area contributed by atoms with E-state index in [2.05, 4.69) is 26.7 Å². The van der Waals surface area contributed by atoms with Crippen molar-refractivity contribution in [1.29, 1.82) is 0 Å². The molecule has 0 unspecified atom stereocenters. The Labute approximate surface area is 126 Å². The third-order valence-electron chi connectivity index (χ3n) is 3.16. The SMILES string of the molecule is CNc1nc(Nc2ccc(F)c(C)c2)c2cc(C)sc2n1. The number of rotatable bonds is 3. The smallest absolute Gasteiger partial charge is 0.225 e. The minimum atomic E-state index is -0.212. The van der Waals surface area contributed by atoms with Crippen LogP contribution in [0.3, 0.4) is 0 Å². The molecule has 21 heavy (non-hydrogen) atoms. The van der Waals surface area contributed by atoms with Crippen LogP contribution >= 0.6 is 11.3 Å². The van der Waals surface area contributed by atoms with E-state index < -0.39 is 0 Å². The molecule has 0 radical (unpaired) electrons. The summed E-state index contributed by atoms with van der Waals surface area (Å²) in [5.41, 5.74) is 1.40. The Hall–Kier alpha value is -2.21. The normalized spacial score (nSPS) is 10.9. The minimum Gasteiger partial charge on any atom is -0.357 e. The van der Waals surface area contributed by atoms with Crippen LogP contribution in [0.15, 0.2) is 24.3 Å². The Morgan fingerprint density at radius 1 is 1.14 bits per heavy atom. The minimum absolute atomic E-state index is 0.212. The van der Waals surface area contributed by atoms with Crippen LogP contribution in [0.5, 0.6) is 0 Å². The highest BCUT2D eigenvalue weighted by atomic mass is 32.1. The highest BCUT2D eigenvalue weighted by Gasteiger charge is 2.10. The standard InChI is InChI=1S/C15H15FN4S/c1-8-6-10(4-5-12(8)16)18-13-11-7-9(2)21-14(11)20-15(17-3)19-13/h4-7H,1-3H3,(H2,17,18,19,20). The molecule has 2 N–H and O–H groups in total. The van der Waals surface area contributed by atoms with Crippen LogP contribution in [0.25, 0.3) is 10.2 Å². The zero-order valence-corrected chi connectivity index (χ0v) is 12.8. The van der Waals surface area contributed by atoms with Crippen LogP contribution in [0.2, 0.25) is 0 Å². The van der Waals surface area contributed by atoms with E-state index in [0.29, 0.717) is 11.5 Å². The van der Waals surface area contributed by atoms with Gasteiger partial charge in [0.05, 0.1) is 5.39 Å². The number of nitrogens with zero attached hydrogens (tertiary/aromatic N) is 2. The molecule has 6 heteroatoms. The number of aromatic nitrogens is 2. The third-order valence-corrected chi connectivity index (χ3v) is 4.10. The molecule has 2 heterocycles. The molecule has 0 amide bonds. The Morgan fingerprint density at radius 3 is 2.67 bits per heavy atom. The molecular formula is C15H15FN4S. The predicted octanol–water partition coefficient (Wildman–Crippen LogP) is 4.23. The summed E-state index contributed by atoms with van der Waals surface area (Å²) in [6.45, 7) is 3.78. The quantitative estimate of drug-likeness (QED) is 0.760. The summed E-state index contributed by atoms with van der Waals surface area (Å²) >= 11 is 1.62. The molecule has 0 fully saturated rings. The van der Waals surface area contributed by atoms with Crippen LogP contribution in [-0.2, 0) is 0 Å². The number of aryl methyl sites for hydroxylation is 2. The second-order valence-electron chi connectivity index (χ2n) is 4.81. The van der Waals surface area contributed by atoms with Crippen molar-refractivity contribution in [2.24, 2.45) is 0 Å². The summed E-state index contributed by atoms with van der Waals surface area (Å²) in [4.78, 5) is 11.0. The lowest BCUT2D eigenvalue weighted by Gasteiger charge is -2.09. The van der Waals surface area contributed by atoms with Crippen molar-refractivity contribution >= 4 is 39.0 Å². The summed E-state index contributed by atoms with van der Waals surface area (Å²) in [6.07, 6.45) is 0. The fourth-order valence-electron chi connectivity index (χ4n) is 2.11. The van der Waals surface area contributed by atoms with Crippen LogP contribution in [0.4, 0.5) is 21.8 Å². The summed E-state index contributed by atoms with van der Waals surface area (Å²) in [5.74, 6) is 1.07. The number of benzene rings is 1. The van der Waals surface area contributed by atoms with Crippen molar-refractivity contribution in [3.05, 3.63) is 40.5 Å². The Morgan fingerprint density at radius 2 is 1.95 bits per heavy atom. The fraction of sp³-hybridized carbons (Fsp3) is 0.200. The predicted molar refractivity (Wildman–Crippen MR) is 86.1 cm³/mol. The van der Waals surface area contributed by atoms with E-state index in [1.807, 2.05) is 6.92 Å². The van der Waals surface area contributed by atoms with Gasteiger partial charge in [0.25, 0.3) is 0 Å². The van der Waals surface area contributed by atoms with E-state index >= 15 is 0 Å². The lowest BCUT2D eigenvalue weighted by molar-refractivity contribution is 0.619. The van der Waals surface area contributed by atoms with Gasteiger partial charge in [0.1, 0.15) is 16.5 Å². The van der Waals surface area contributed by atoms with Crippen molar-refractivity contribution in [3.63, 3.8) is 0 Å². The number of halogens is 1. The molecule has 108 valence electrons. The molecule has 0 saturated heterocycles. The van der Waals surface area contributed by atoms with Crippen molar-refractivity contribution in [3.8, 4) is 0 Å². The summed E-state index contributed by atoms with van der Waals surface area (Å²) in [5, 5.41) is 7.18. The molecule has 4 nitrogen and oxygen atoms in total. The van der Waals surface area contributed by atoms with Crippen molar-refractivity contribution < 1.29 is 4.39 Å². The van der Waals surface area contributed by atoms with Gasteiger partial charge in [-0.25, -0.2) is 9.37 Å². The van der Waals surface area contributed by atoms with Crippen LogP contribution in [-0.4, -0.2) is 17.0 Å². The number of anilines is 3. The first kappa shape index (κ1) is 13.8. The molecule has 0 saturated carbocycles. The first-order chi connectivity index (χ1) is 10.1. The van der Waals surface area contributed by atoms with E-state index in [4.69, 9.17) is 0 Å². The highest BCUT2D eigenvalue weighted by molar-refractivity contribution is 7.18. The van der Waals surface area contributed by atoms with Crippen molar-refractivity contribution in [2.75, 3.05) is 17.7 Å². The monoisotopic (exact) mass is 302 g/mol. The Kier molecular flexibility index (Phi) is 3.47. The second-order valence-corrected chi connectivity index (χ2v) is 6.05. The van der Waals surface area contributed by atoms with E-state index in [0.717, 1.165) is 21.7 Å². The molecule has 0 aliphatic rings. The fourth-order valence-corrected chi connectivity index (χ4v) is 2.99. The molecule has 1 aromatic carbocycles. The van der Waals surface area contributed by atoms with Gasteiger partial charge in [0.2, 0.25) is 5.95 Å². The lowest BCUT2D eigenvalue weighted by atomic mass is 10.2. The highest BCUT2D eigenvalue weighted by Crippen LogP contribution is 2.31. The average molecular weight is 302 g/mol. The van der Waals surface area contributed by atoms with Crippen LogP contribution < -0.4 is 10.6 Å². The molecule has 0 bridgehead atoms.